The number of nitrogens with one attached hydrogen (secondary N) is 3. The number of para-hydroxylation sites is 1. The lowest BCUT2D eigenvalue weighted by atomic mass is 10.2. The van der Waals surface area contributed by atoms with Gasteiger partial charge in [-0.05, 0) is 54.6 Å². The minimum atomic E-state index is -0.349. The van der Waals surface area contributed by atoms with E-state index in [1.165, 1.54) is 0 Å². The number of morpholine rings is 1. The third-order valence-electron chi connectivity index (χ3n) is 5.35. The summed E-state index contributed by atoms with van der Waals surface area (Å²) in [5.41, 5.74) is 3.40. The maximum atomic E-state index is 12.7. The molecule has 2 heterocycles. The molecule has 3 aromatic carbocycles. The molecule has 3 amide bonds. The molecule has 0 bridgehead atoms. The zero-order valence-electron chi connectivity index (χ0n) is 18.3. The fourth-order valence-corrected chi connectivity index (χ4v) is 4.66. The number of thiazole rings is 1. The molecule has 0 radical (unpaired) electrons. The number of urea groups is 1. The van der Waals surface area contributed by atoms with Gasteiger partial charge in [0.05, 0.1) is 23.4 Å². The van der Waals surface area contributed by atoms with Crippen molar-refractivity contribution >= 4 is 55.7 Å². The normalized spacial score (nSPS) is 13.5. The Balaban J connectivity index is 1.21. The highest BCUT2D eigenvalue weighted by molar-refractivity contribution is 7.22. The summed E-state index contributed by atoms with van der Waals surface area (Å²) in [6.45, 7) is 3.09. The zero-order chi connectivity index (χ0) is 23.3. The zero-order valence-corrected chi connectivity index (χ0v) is 19.1. The Kier molecular flexibility index (Phi) is 6.37. The smallest absolute Gasteiger partial charge is 0.323 e. The molecule has 0 saturated carbocycles. The molecular weight excluding hydrogens is 450 g/mol. The highest BCUT2D eigenvalue weighted by Gasteiger charge is 2.16. The molecule has 8 nitrogen and oxygen atoms in total. The summed E-state index contributed by atoms with van der Waals surface area (Å²) in [6.07, 6.45) is 0. The highest BCUT2D eigenvalue weighted by atomic mass is 32.1. The van der Waals surface area contributed by atoms with Gasteiger partial charge in [-0.15, -0.1) is 0 Å². The van der Waals surface area contributed by atoms with Crippen LogP contribution in [0.1, 0.15) is 10.4 Å². The summed E-state index contributed by atoms with van der Waals surface area (Å²) in [5.74, 6) is -0.224. The van der Waals surface area contributed by atoms with Crippen molar-refractivity contribution in [2.24, 2.45) is 0 Å². The highest BCUT2D eigenvalue weighted by Crippen LogP contribution is 2.31. The van der Waals surface area contributed by atoms with Crippen molar-refractivity contribution in [3.63, 3.8) is 0 Å². The fourth-order valence-electron chi connectivity index (χ4n) is 3.60. The number of aromatic nitrogens is 1. The number of fused-ring (bicyclic) bond motifs is 1. The molecule has 0 unspecified atom stereocenters. The van der Waals surface area contributed by atoms with Gasteiger partial charge in [0.1, 0.15) is 0 Å². The Hall–Kier alpha value is -3.95. The van der Waals surface area contributed by atoms with Crippen LogP contribution in [-0.2, 0) is 4.74 Å². The SMILES string of the molecule is O=C(Nc1ccccc1)Nc1ccc(C(=O)Nc2ccc3nc(N4CCOCC4)sc3c2)cc1. The predicted molar refractivity (Wildman–Crippen MR) is 136 cm³/mol. The number of hydrogen-bond donors (Lipinski definition) is 3. The quantitative estimate of drug-likeness (QED) is 0.378. The second-order valence-electron chi connectivity index (χ2n) is 7.75. The number of hydrogen-bond acceptors (Lipinski definition) is 6. The Labute approximate surface area is 200 Å². The van der Waals surface area contributed by atoms with Crippen LogP contribution in [0.5, 0.6) is 0 Å². The molecule has 34 heavy (non-hydrogen) atoms. The molecule has 0 atom stereocenters. The summed E-state index contributed by atoms with van der Waals surface area (Å²) < 4.78 is 6.43. The van der Waals surface area contributed by atoms with E-state index in [1.807, 2.05) is 36.4 Å². The molecule has 4 aromatic rings. The van der Waals surface area contributed by atoms with Crippen LogP contribution >= 0.6 is 11.3 Å². The number of benzene rings is 3. The average molecular weight is 474 g/mol. The van der Waals surface area contributed by atoms with E-state index in [0.29, 0.717) is 35.8 Å². The van der Waals surface area contributed by atoms with E-state index in [0.717, 1.165) is 28.4 Å². The van der Waals surface area contributed by atoms with E-state index in [2.05, 4.69) is 20.9 Å². The van der Waals surface area contributed by atoms with Crippen molar-refractivity contribution in [1.82, 2.24) is 4.98 Å². The van der Waals surface area contributed by atoms with Gasteiger partial charge in [0.25, 0.3) is 5.91 Å². The van der Waals surface area contributed by atoms with Crippen LogP contribution < -0.4 is 20.9 Å². The predicted octanol–water partition coefficient (Wildman–Crippen LogP) is 5.03. The van der Waals surface area contributed by atoms with Crippen molar-refractivity contribution in [3.05, 3.63) is 78.4 Å². The Morgan fingerprint density at radius 2 is 1.50 bits per heavy atom. The van der Waals surface area contributed by atoms with E-state index >= 15 is 0 Å². The van der Waals surface area contributed by atoms with Crippen LogP contribution in [0.15, 0.2) is 72.8 Å². The lowest BCUT2D eigenvalue weighted by Crippen LogP contribution is -2.36. The van der Waals surface area contributed by atoms with Gasteiger partial charge < -0.3 is 25.6 Å². The number of carbonyl (C=O) groups is 2. The van der Waals surface area contributed by atoms with Crippen molar-refractivity contribution in [3.8, 4) is 0 Å². The largest absolute Gasteiger partial charge is 0.378 e. The first-order chi connectivity index (χ1) is 16.6. The molecule has 3 N–H and O–H groups in total. The van der Waals surface area contributed by atoms with Crippen LogP contribution in [0, 0.1) is 0 Å². The molecule has 1 aromatic heterocycles. The van der Waals surface area contributed by atoms with Crippen LogP contribution in [0.25, 0.3) is 10.2 Å². The van der Waals surface area contributed by atoms with Gasteiger partial charge in [-0.3, -0.25) is 4.79 Å². The lowest BCUT2D eigenvalue weighted by Gasteiger charge is -2.25. The Morgan fingerprint density at radius 1 is 0.824 bits per heavy atom. The van der Waals surface area contributed by atoms with Gasteiger partial charge in [-0.25, -0.2) is 9.78 Å². The first kappa shape index (κ1) is 21.9. The van der Waals surface area contributed by atoms with E-state index in [4.69, 9.17) is 9.72 Å². The molecule has 0 spiro atoms. The van der Waals surface area contributed by atoms with E-state index in [1.54, 1.807) is 47.7 Å². The van der Waals surface area contributed by atoms with Gasteiger partial charge in [0.2, 0.25) is 0 Å². The standard InChI is InChI=1S/C25H23N5O3S/c31-23(17-6-8-19(9-7-17)28-24(32)27-18-4-2-1-3-5-18)26-20-10-11-21-22(16-20)34-25(29-21)30-12-14-33-15-13-30/h1-11,16H,12-15H2,(H,26,31)(H2,27,28,32). The first-order valence-electron chi connectivity index (χ1n) is 10.9. The summed E-state index contributed by atoms with van der Waals surface area (Å²) >= 11 is 1.61. The second-order valence-corrected chi connectivity index (χ2v) is 8.76. The molecule has 1 aliphatic rings. The molecule has 1 aliphatic heterocycles. The molecule has 172 valence electrons. The number of rotatable bonds is 5. The van der Waals surface area contributed by atoms with Crippen molar-refractivity contribution < 1.29 is 14.3 Å². The summed E-state index contributed by atoms with van der Waals surface area (Å²) in [5, 5.41) is 9.42. The topological polar surface area (TPSA) is 95.6 Å². The van der Waals surface area contributed by atoms with Gasteiger partial charge >= 0.3 is 6.03 Å². The van der Waals surface area contributed by atoms with Crippen LogP contribution in [-0.4, -0.2) is 43.2 Å². The number of amides is 3. The van der Waals surface area contributed by atoms with Crippen molar-refractivity contribution in [1.29, 1.82) is 0 Å². The Morgan fingerprint density at radius 3 is 2.24 bits per heavy atom. The maximum Gasteiger partial charge on any atom is 0.323 e. The van der Waals surface area contributed by atoms with Gasteiger partial charge in [-0.1, -0.05) is 29.5 Å². The van der Waals surface area contributed by atoms with Gasteiger partial charge in [-0.2, -0.15) is 0 Å². The Bertz CT molecular complexity index is 1300. The van der Waals surface area contributed by atoms with E-state index in [9.17, 15) is 9.59 Å². The van der Waals surface area contributed by atoms with E-state index < -0.39 is 0 Å². The number of ether oxygens (including phenoxy) is 1. The van der Waals surface area contributed by atoms with E-state index in [-0.39, 0.29) is 11.9 Å². The molecular formula is C25H23N5O3S. The van der Waals surface area contributed by atoms with Crippen LogP contribution in [0.2, 0.25) is 0 Å². The number of carbonyl (C=O) groups excluding carboxylic acids is 2. The molecule has 5 rings (SSSR count). The molecule has 1 fully saturated rings. The lowest BCUT2D eigenvalue weighted by molar-refractivity contribution is 0.102. The maximum absolute atomic E-state index is 12.7. The summed E-state index contributed by atoms with van der Waals surface area (Å²) in [4.78, 5) is 31.8. The molecule has 1 saturated heterocycles. The second kappa shape index (κ2) is 9.90. The number of anilines is 4. The molecule has 0 aliphatic carbocycles. The summed E-state index contributed by atoms with van der Waals surface area (Å²) in [6, 6.07) is 21.3. The minimum Gasteiger partial charge on any atom is -0.378 e. The average Bonchev–Trinajstić information content (AvgIpc) is 3.29. The van der Waals surface area contributed by atoms with Crippen LogP contribution in [0.3, 0.4) is 0 Å². The van der Waals surface area contributed by atoms with Crippen molar-refractivity contribution in [2.75, 3.05) is 47.2 Å². The third-order valence-corrected chi connectivity index (χ3v) is 6.43. The fraction of sp³-hybridized carbons (Fsp3) is 0.160. The number of nitrogens with zero attached hydrogens (tertiary/aromatic N) is 2. The monoisotopic (exact) mass is 473 g/mol. The first-order valence-corrected chi connectivity index (χ1v) is 11.7. The van der Waals surface area contributed by atoms with Gasteiger partial charge in [0.15, 0.2) is 5.13 Å². The molecule has 9 heteroatoms. The van der Waals surface area contributed by atoms with Crippen LogP contribution in [0.4, 0.5) is 27.0 Å². The third kappa shape index (κ3) is 5.16. The summed E-state index contributed by atoms with van der Waals surface area (Å²) in [7, 11) is 0. The van der Waals surface area contributed by atoms with Gasteiger partial charge in [0, 0.05) is 35.7 Å². The minimum absolute atomic E-state index is 0.224. The van der Waals surface area contributed by atoms with Crippen molar-refractivity contribution in [2.45, 2.75) is 0 Å².